The number of nitrogens with one attached hydrogen (secondary N) is 1. The van der Waals surface area contributed by atoms with E-state index in [4.69, 9.17) is 8.92 Å². The highest BCUT2D eigenvalue weighted by Crippen LogP contribution is 2.20. The fourth-order valence-electron chi connectivity index (χ4n) is 2.64. The molecule has 1 N–H and O–H groups in total. The van der Waals surface area contributed by atoms with Crippen LogP contribution in [-0.4, -0.2) is 33.6 Å². The second kappa shape index (κ2) is 7.88. The normalized spacial score (nSPS) is 17.6. The Morgan fingerprint density at radius 3 is 2.42 bits per heavy atom. The largest absolute Gasteiger partial charge is 0.379 e. The molecule has 1 amide bonds. The molecule has 1 aliphatic rings. The van der Waals surface area contributed by atoms with Gasteiger partial charge in [-0.25, -0.2) is 0 Å². The van der Waals surface area contributed by atoms with Gasteiger partial charge in [-0.1, -0.05) is 29.8 Å². The Morgan fingerprint density at radius 2 is 1.81 bits per heavy atom. The maximum absolute atomic E-state index is 12.3. The number of rotatable bonds is 6. The smallest absolute Gasteiger partial charge is 0.339 e. The van der Waals surface area contributed by atoms with Crippen LogP contribution in [0.1, 0.15) is 17.5 Å². The van der Waals surface area contributed by atoms with Crippen LogP contribution in [0.3, 0.4) is 0 Å². The van der Waals surface area contributed by atoms with Crippen LogP contribution in [0.2, 0.25) is 0 Å². The molecule has 0 radical (unpaired) electrons. The number of hydrogen-bond donors (Lipinski definition) is 1. The van der Waals surface area contributed by atoms with Crippen LogP contribution in [0, 0.1) is 6.92 Å². The molecule has 1 fully saturated rings. The maximum atomic E-state index is 12.3. The van der Waals surface area contributed by atoms with E-state index >= 15 is 0 Å². The molecule has 2 aromatic carbocycles. The number of ether oxygens (including phenoxy) is 1. The molecule has 138 valence electrons. The third-order valence-corrected chi connectivity index (χ3v) is 5.43. The van der Waals surface area contributed by atoms with Crippen molar-refractivity contribution in [1.29, 1.82) is 0 Å². The monoisotopic (exact) mass is 375 g/mol. The lowest BCUT2D eigenvalue weighted by Gasteiger charge is -2.23. The van der Waals surface area contributed by atoms with Crippen molar-refractivity contribution in [2.24, 2.45) is 0 Å². The van der Waals surface area contributed by atoms with Crippen molar-refractivity contribution < 1.29 is 22.1 Å². The van der Waals surface area contributed by atoms with E-state index in [1.807, 2.05) is 19.1 Å². The van der Waals surface area contributed by atoms with Gasteiger partial charge in [-0.05, 0) is 49.6 Å². The molecule has 3 rings (SSSR count). The van der Waals surface area contributed by atoms with Gasteiger partial charge in [0, 0.05) is 6.54 Å². The van der Waals surface area contributed by atoms with E-state index in [0.29, 0.717) is 6.54 Å². The standard InChI is InChI=1S/C19H21NO5S/c1-14-2-10-18(11-3-14)26(22,23)25-16-7-4-15(5-8-16)6-9-17-12-20-19(21)13-24-17/h2-5,7-8,10-11,17H,6,9,12-13H2,1H3,(H,20,21)/t17-/m1/s1. The van der Waals surface area contributed by atoms with Crippen LogP contribution in [0.15, 0.2) is 53.4 Å². The average molecular weight is 375 g/mol. The second-order valence-corrected chi connectivity index (χ2v) is 7.82. The minimum atomic E-state index is -3.84. The Kier molecular flexibility index (Phi) is 5.58. The van der Waals surface area contributed by atoms with Gasteiger partial charge in [-0.3, -0.25) is 4.79 Å². The Labute approximate surface area is 153 Å². The van der Waals surface area contributed by atoms with Crippen LogP contribution < -0.4 is 9.50 Å². The van der Waals surface area contributed by atoms with Gasteiger partial charge >= 0.3 is 10.1 Å². The second-order valence-electron chi connectivity index (χ2n) is 6.27. The fourth-order valence-corrected chi connectivity index (χ4v) is 3.57. The Bertz CT molecular complexity index is 850. The predicted molar refractivity (Wildman–Crippen MR) is 96.5 cm³/mol. The first kappa shape index (κ1) is 18.4. The van der Waals surface area contributed by atoms with Crippen LogP contribution in [0.4, 0.5) is 0 Å². The predicted octanol–water partition coefficient (Wildman–Crippen LogP) is 2.21. The lowest BCUT2D eigenvalue weighted by molar-refractivity contribution is -0.133. The molecule has 26 heavy (non-hydrogen) atoms. The van der Waals surface area contributed by atoms with Gasteiger partial charge in [0.25, 0.3) is 0 Å². The Morgan fingerprint density at radius 1 is 1.12 bits per heavy atom. The highest BCUT2D eigenvalue weighted by Gasteiger charge is 2.18. The van der Waals surface area contributed by atoms with Crippen LogP contribution in [-0.2, 0) is 26.1 Å². The van der Waals surface area contributed by atoms with Crippen molar-refractivity contribution >= 4 is 16.0 Å². The summed E-state index contributed by atoms with van der Waals surface area (Å²) >= 11 is 0. The number of benzene rings is 2. The summed E-state index contributed by atoms with van der Waals surface area (Å²) in [5.74, 6) is 0.188. The zero-order chi connectivity index (χ0) is 18.6. The number of carbonyl (C=O) groups is 1. The van der Waals surface area contributed by atoms with Gasteiger partial charge in [0.2, 0.25) is 5.91 Å². The number of hydrogen-bond acceptors (Lipinski definition) is 5. The topological polar surface area (TPSA) is 81.7 Å². The maximum Gasteiger partial charge on any atom is 0.339 e. The molecule has 0 saturated carbocycles. The molecule has 1 heterocycles. The molecular formula is C19H21NO5S. The fraction of sp³-hybridized carbons (Fsp3) is 0.316. The molecule has 0 aromatic heterocycles. The van der Waals surface area contributed by atoms with E-state index in [-0.39, 0.29) is 29.3 Å². The van der Waals surface area contributed by atoms with Gasteiger partial charge in [0.05, 0.1) is 6.10 Å². The molecule has 6 nitrogen and oxygen atoms in total. The summed E-state index contributed by atoms with van der Waals surface area (Å²) in [7, 11) is -3.84. The number of aryl methyl sites for hydroxylation is 2. The molecule has 0 bridgehead atoms. The SMILES string of the molecule is Cc1ccc(S(=O)(=O)Oc2ccc(CC[C@@H]3CNC(=O)CO3)cc2)cc1. The summed E-state index contributed by atoms with van der Waals surface area (Å²) < 4.78 is 35.2. The van der Waals surface area contributed by atoms with Crippen molar-refractivity contribution in [1.82, 2.24) is 5.32 Å². The van der Waals surface area contributed by atoms with Gasteiger partial charge in [-0.2, -0.15) is 8.42 Å². The lowest BCUT2D eigenvalue weighted by atomic mass is 10.1. The summed E-state index contributed by atoms with van der Waals surface area (Å²) in [4.78, 5) is 11.2. The van der Waals surface area contributed by atoms with E-state index in [2.05, 4.69) is 5.32 Å². The van der Waals surface area contributed by atoms with E-state index in [9.17, 15) is 13.2 Å². The summed E-state index contributed by atoms with van der Waals surface area (Å²) in [6.07, 6.45) is 1.55. The molecule has 2 aromatic rings. The molecular weight excluding hydrogens is 354 g/mol. The van der Waals surface area contributed by atoms with E-state index < -0.39 is 10.1 Å². The van der Waals surface area contributed by atoms with Crippen molar-refractivity contribution in [3.05, 3.63) is 59.7 Å². The quantitative estimate of drug-likeness (QED) is 0.783. The summed E-state index contributed by atoms with van der Waals surface area (Å²) in [6.45, 7) is 2.52. The zero-order valence-corrected chi connectivity index (χ0v) is 15.3. The Hall–Kier alpha value is -2.38. The van der Waals surface area contributed by atoms with E-state index in [1.54, 1.807) is 24.3 Å². The molecule has 0 aliphatic carbocycles. The minimum absolute atomic E-state index is 0.00513. The van der Waals surface area contributed by atoms with Crippen molar-refractivity contribution in [2.75, 3.05) is 13.2 Å². The van der Waals surface area contributed by atoms with Gasteiger partial charge in [0.1, 0.15) is 17.3 Å². The number of carbonyl (C=O) groups excluding carboxylic acids is 1. The highest BCUT2D eigenvalue weighted by atomic mass is 32.2. The van der Waals surface area contributed by atoms with Gasteiger partial charge < -0.3 is 14.2 Å². The minimum Gasteiger partial charge on any atom is -0.379 e. The molecule has 1 saturated heterocycles. The van der Waals surface area contributed by atoms with Gasteiger partial charge in [-0.15, -0.1) is 0 Å². The molecule has 7 heteroatoms. The molecule has 1 aliphatic heterocycles. The molecule has 0 unspecified atom stereocenters. The van der Waals surface area contributed by atoms with Crippen molar-refractivity contribution in [2.45, 2.75) is 30.8 Å². The number of morpholine rings is 1. The van der Waals surface area contributed by atoms with Crippen LogP contribution in [0.25, 0.3) is 0 Å². The first-order chi connectivity index (χ1) is 12.4. The Balaban J connectivity index is 1.57. The van der Waals surface area contributed by atoms with E-state index in [1.165, 1.54) is 12.1 Å². The van der Waals surface area contributed by atoms with Gasteiger partial charge in [0.15, 0.2) is 0 Å². The summed E-state index contributed by atoms with van der Waals surface area (Å²) in [5, 5.41) is 2.77. The third-order valence-electron chi connectivity index (χ3n) is 4.17. The van der Waals surface area contributed by atoms with E-state index in [0.717, 1.165) is 24.0 Å². The lowest BCUT2D eigenvalue weighted by Crippen LogP contribution is -2.43. The highest BCUT2D eigenvalue weighted by molar-refractivity contribution is 7.87. The number of amides is 1. The summed E-state index contributed by atoms with van der Waals surface area (Å²) in [5.41, 5.74) is 2.03. The van der Waals surface area contributed by atoms with Crippen molar-refractivity contribution in [3.8, 4) is 5.75 Å². The molecule has 1 atom stereocenters. The first-order valence-corrected chi connectivity index (χ1v) is 9.81. The van der Waals surface area contributed by atoms with Crippen LogP contribution in [0.5, 0.6) is 5.75 Å². The van der Waals surface area contributed by atoms with Crippen LogP contribution >= 0.6 is 0 Å². The molecule has 0 spiro atoms. The summed E-state index contributed by atoms with van der Waals surface area (Å²) in [6, 6.07) is 13.5. The first-order valence-electron chi connectivity index (χ1n) is 8.41. The van der Waals surface area contributed by atoms with Crippen molar-refractivity contribution in [3.63, 3.8) is 0 Å². The third kappa shape index (κ3) is 4.83. The zero-order valence-electron chi connectivity index (χ0n) is 14.5. The average Bonchev–Trinajstić information content (AvgIpc) is 2.62.